The number of rotatable bonds is 5. The molecular formula is C23H22ClN7O. The summed E-state index contributed by atoms with van der Waals surface area (Å²) in [5, 5.41) is 0.389. The van der Waals surface area contributed by atoms with Crippen molar-refractivity contribution in [1.29, 1.82) is 0 Å². The first-order valence-electron chi connectivity index (χ1n) is 10.5. The summed E-state index contributed by atoms with van der Waals surface area (Å²) >= 11 is 6.14. The summed E-state index contributed by atoms with van der Waals surface area (Å²) in [4.78, 5) is 31.1. The number of halogens is 1. The topological polar surface area (TPSA) is 83.4 Å². The Labute approximate surface area is 189 Å². The Hall–Kier alpha value is -3.52. The molecule has 5 aromatic rings. The molecule has 5 aromatic heterocycles. The Morgan fingerprint density at radius 3 is 2.53 bits per heavy atom. The van der Waals surface area contributed by atoms with E-state index >= 15 is 0 Å². The van der Waals surface area contributed by atoms with Gasteiger partial charge in [-0.25, -0.2) is 14.8 Å². The van der Waals surface area contributed by atoms with Crippen molar-refractivity contribution in [3.63, 3.8) is 0 Å². The summed E-state index contributed by atoms with van der Waals surface area (Å²) in [6.07, 6.45) is 6.02. The van der Waals surface area contributed by atoms with E-state index in [2.05, 4.69) is 33.4 Å². The van der Waals surface area contributed by atoms with Crippen molar-refractivity contribution in [2.75, 3.05) is 0 Å². The molecule has 0 aliphatic heterocycles. The average molecular weight is 448 g/mol. The molecule has 0 spiro atoms. The molecular weight excluding hydrogens is 426 g/mol. The lowest BCUT2D eigenvalue weighted by Crippen LogP contribution is -2.20. The fourth-order valence-corrected chi connectivity index (χ4v) is 4.13. The van der Waals surface area contributed by atoms with Crippen molar-refractivity contribution in [3.05, 3.63) is 64.6 Å². The van der Waals surface area contributed by atoms with Crippen LogP contribution in [0.3, 0.4) is 0 Å². The molecule has 5 heterocycles. The molecule has 32 heavy (non-hydrogen) atoms. The molecule has 0 aliphatic rings. The molecule has 0 aliphatic carbocycles. The Morgan fingerprint density at radius 1 is 1.00 bits per heavy atom. The van der Waals surface area contributed by atoms with Gasteiger partial charge in [0.05, 0.1) is 22.2 Å². The molecule has 0 fully saturated rings. The smallest absolute Gasteiger partial charge is 0.321 e. The van der Waals surface area contributed by atoms with Crippen molar-refractivity contribution < 1.29 is 0 Å². The molecule has 0 bridgehead atoms. The molecule has 0 atom stereocenters. The van der Waals surface area contributed by atoms with Gasteiger partial charge in [-0.3, -0.25) is 19.1 Å². The van der Waals surface area contributed by atoms with E-state index in [0.717, 1.165) is 29.7 Å². The van der Waals surface area contributed by atoms with Crippen LogP contribution >= 0.6 is 11.6 Å². The summed E-state index contributed by atoms with van der Waals surface area (Å²) in [5.74, 6) is 1.19. The first-order chi connectivity index (χ1) is 15.5. The van der Waals surface area contributed by atoms with Gasteiger partial charge in [-0.2, -0.15) is 0 Å². The number of nitrogens with zero attached hydrogens (tertiary/aromatic N) is 7. The first-order valence-corrected chi connectivity index (χ1v) is 10.8. The lowest BCUT2D eigenvalue weighted by molar-refractivity contribution is 0.525. The van der Waals surface area contributed by atoms with Gasteiger partial charge >= 0.3 is 5.69 Å². The van der Waals surface area contributed by atoms with Gasteiger partial charge in [0.1, 0.15) is 10.8 Å². The third-order valence-corrected chi connectivity index (χ3v) is 5.81. The molecule has 0 saturated carbocycles. The molecule has 5 rings (SSSR count). The average Bonchev–Trinajstić information content (AvgIpc) is 3.27. The second kappa shape index (κ2) is 7.87. The van der Waals surface area contributed by atoms with Crippen molar-refractivity contribution in [3.8, 4) is 17.2 Å². The van der Waals surface area contributed by atoms with E-state index in [1.165, 1.54) is 0 Å². The summed E-state index contributed by atoms with van der Waals surface area (Å²) in [5.41, 5.74) is 4.13. The van der Waals surface area contributed by atoms with E-state index in [1.807, 2.05) is 24.3 Å². The predicted molar refractivity (Wildman–Crippen MR) is 125 cm³/mol. The molecule has 9 heteroatoms. The van der Waals surface area contributed by atoms with Crippen molar-refractivity contribution >= 4 is 33.8 Å². The Morgan fingerprint density at radius 2 is 1.78 bits per heavy atom. The number of fused-ring (bicyclic) bond motifs is 2. The summed E-state index contributed by atoms with van der Waals surface area (Å²) in [6, 6.07) is 9.17. The Bertz CT molecular complexity index is 1500. The molecule has 0 saturated heterocycles. The fourth-order valence-electron chi connectivity index (χ4n) is 3.99. The van der Waals surface area contributed by atoms with Crippen LogP contribution in [0, 0.1) is 5.92 Å². The van der Waals surface area contributed by atoms with Crippen molar-refractivity contribution in [1.82, 2.24) is 33.6 Å². The van der Waals surface area contributed by atoms with Crippen LogP contribution in [0.4, 0.5) is 0 Å². The van der Waals surface area contributed by atoms with Gasteiger partial charge in [-0.05, 0) is 42.7 Å². The third kappa shape index (κ3) is 3.27. The number of pyridine rings is 3. The normalized spacial score (nSPS) is 11.8. The quantitative estimate of drug-likeness (QED) is 0.376. The summed E-state index contributed by atoms with van der Waals surface area (Å²) in [6.45, 7) is 5.13. The maximum atomic E-state index is 13.2. The van der Waals surface area contributed by atoms with E-state index in [9.17, 15) is 4.79 Å². The van der Waals surface area contributed by atoms with Gasteiger partial charge in [0.15, 0.2) is 11.5 Å². The van der Waals surface area contributed by atoms with Gasteiger partial charge < -0.3 is 4.57 Å². The molecule has 0 unspecified atom stereocenters. The zero-order valence-electron chi connectivity index (χ0n) is 18.0. The molecule has 0 aromatic carbocycles. The zero-order chi connectivity index (χ0) is 22.4. The zero-order valence-corrected chi connectivity index (χ0v) is 18.8. The van der Waals surface area contributed by atoms with E-state index in [4.69, 9.17) is 16.6 Å². The molecule has 162 valence electrons. The third-order valence-electron chi connectivity index (χ3n) is 5.60. The van der Waals surface area contributed by atoms with E-state index in [1.54, 1.807) is 40.8 Å². The highest BCUT2D eigenvalue weighted by molar-refractivity contribution is 6.29. The second-order valence-electron chi connectivity index (χ2n) is 8.16. The largest absolute Gasteiger partial charge is 0.333 e. The van der Waals surface area contributed by atoms with Crippen LogP contribution in [0.5, 0.6) is 0 Å². The highest BCUT2D eigenvalue weighted by Gasteiger charge is 2.22. The van der Waals surface area contributed by atoms with E-state index < -0.39 is 0 Å². The minimum atomic E-state index is -0.161. The van der Waals surface area contributed by atoms with Gasteiger partial charge in [-0.15, -0.1) is 0 Å². The van der Waals surface area contributed by atoms with Gasteiger partial charge in [0.25, 0.3) is 0 Å². The number of aryl methyl sites for hydroxylation is 2. The minimum Gasteiger partial charge on any atom is -0.321 e. The number of hydrogen-bond donors (Lipinski definition) is 0. The number of imidazole rings is 2. The molecule has 0 amide bonds. The lowest BCUT2D eigenvalue weighted by Gasteiger charge is -2.11. The molecule has 8 nitrogen and oxygen atoms in total. The SMILES string of the molecule is CC(C)CCn1c(-c2nccc3c2n(C)c(=O)n3-c2ccncc2)nc2nc(Cl)ccc21. The second-order valence-corrected chi connectivity index (χ2v) is 8.54. The Kier molecular flexibility index (Phi) is 5.01. The van der Waals surface area contributed by atoms with Crippen molar-refractivity contribution in [2.45, 2.75) is 26.8 Å². The standard InChI is InChI=1S/C23H22ClN7O/c1-14(2)9-13-30-17-4-5-18(24)27-21(17)28-22(30)19-20-16(8-12-26-19)31(23(32)29(20)3)15-6-10-25-11-7-15/h4-8,10-12,14H,9,13H2,1-3H3. The van der Waals surface area contributed by atoms with Crippen LogP contribution in [-0.4, -0.2) is 33.6 Å². The first kappa shape index (κ1) is 20.4. The maximum Gasteiger partial charge on any atom is 0.333 e. The monoisotopic (exact) mass is 447 g/mol. The minimum absolute atomic E-state index is 0.161. The van der Waals surface area contributed by atoms with Crippen LogP contribution in [-0.2, 0) is 13.6 Å². The Balaban J connectivity index is 1.81. The van der Waals surface area contributed by atoms with Gasteiger partial charge in [0, 0.05) is 32.2 Å². The van der Waals surface area contributed by atoms with Gasteiger partial charge in [-0.1, -0.05) is 25.4 Å². The van der Waals surface area contributed by atoms with Crippen LogP contribution in [0.25, 0.3) is 39.4 Å². The van der Waals surface area contributed by atoms with Gasteiger partial charge in [0.2, 0.25) is 0 Å². The maximum absolute atomic E-state index is 13.2. The summed E-state index contributed by atoms with van der Waals surface area (Å²) in [7, 11) is 1.75. The van der Waals surface area contributed by atoms with E-state index in [0.29, 0.717) is 33.8 Å². The number of hydrogen-bond acceptors (Lipinski definition) is 5. The summed E-state index contributed by atoms with van der Waals surface area (Å²) < 4.78 is 5.40. The van der Waals surface area contributed by atoms with Crippen LogP contribution in [0.1, 0.15) is 20.3 Å². The van der Waals surface area contributed by atoms with E-state index in [-0.39, 0.29) is 5.69 Å². The van der Waals surface area contributed by atoms with Crippen LogP contribution < -0.4 is 5.69 Å². The molecule has 0 N–H and O–H groups in total. The van der Waals surface area contributed by atoms with Crippen LogP contribution in [0.2, 0.25) is 5.15 Å². The highest BCUT2D eigenvalue weighted by Crippen LogP contribution is 2.30. The fraction of sp³-hybridized carbons (Fsp3) is 0.261. The number of aromatic nitrogens is 7. The van der Waals surface area contributed by atoms with Crippen molar-refractivity contribution in [2.24, 2.45) is 13.0 Å². The predicted octanol–water partition coefficient (Wildman–Crippen LogP) is 4.23. The molecule has 0 radical (unpaired) electrons. The van der Waals surface area contributed by atoms with Crippen LogP contribution in [0.15, 0.2) is 53.7 Å². The highest BCUT2D eigenvalue weighted by atomic mass is 35.5. The lowest BCUT2D eigenvalue weighted by atomic mass is 10.1.